The molecule has 1 aliphatic carbocycles. The number of aryl methyl sites for hydroxylation is 1. The average Bonchev–Trinajstić information content (AvgIpc) is 3.47. The first kappa shape index (κ1) is 37.9. The molecule has 278 valence electrons. The topological polar surface area (TPSA) is 93.5 Å². The maximum atomic E-state index is 14.1. The highest BCUT2D eigenvalue weighted by atomic mass is 19.4. The molecule has 9 nitrogen and oxygen atoms in total. The van der Waals surface area contributed by atoms with Crippen molar-refractivity contribution in [2.24, 2.45) is 18.9 Å². The van der Waals surface area contributed by atoms with Crippen molar-refractivity contribution in [1.82, 2.24) is 20.2 Å². The van der Waals surface area contributed by atoms with Gasteiger partial charge in [-0.25, -0.2) is 0 Å². The van der Waals surface area contributed by atoms with Crippen molar-refractivity contribution in [3.63, 3.8) is 0 Å². The fraction of sp³-hybridized carbons (Fsp3) is 0.545. The van der Waals surface area contributed by atoms with Gasteiger partial charge >= 0.3 is 24.5 Å². The van der Waals surface area contributed by atoms with Crippen molar-refractivity contribution < 1.29 is 53.8 Å². The van der Waals surface area contributed by atoms with E-state index in [0.29, 0.717) is 37.8 Å². The van der Waals surface area contributed by atoms with Gasteiger partial charge in [-0.3, -0.25) is 9.59 Å². The van der Waals surface area contributed by atoms with Gasteiger partial charge in [0.1, 0.15) is 0 Å². The second kappa shape index (κ2) is 14.3. The van der Waals surface area contributed by atoms with E-state index < -0.39 is 65.3 Å². The van der Waals surface area contributed by atoms with Gasteiger partial charge in [0.15, 0.2) is 0 Å². The quantitative estimate of drug-likeness (QED) is 0.172. The Kier molecular flexibility index (Phi) is 10.6. The summed E-state index contributed by atoms with van der Waals surface area (Å²) >= 11 is 0. The summed E-state index contributed by atoms with van der Waals surface area (Å²) in [5.41, 5.74) is -4.58. The molecule has 18 heteroatoms. The number of hydrogen-bond donors (Lipinski definition) is 0. The summed E-state index contributed by atoms with van der Waals surface area (Å²) in [6.07, 6.45) is -13.0. The zero-order chi connectivity index (χ0) is 37.5. The Morgan fingerprint density at radius 3 is 2.02 bits per heavy atom. The van der Waals surface area contributed by atoms with Gasteiger partial charge in [-0.15, -0.1) is 5.10 Å². The van der Waals surface area contributed by atoms with Gasteiger partial charge in [0.2, 0.25) is 5.91 Å². The third-order valence-corrected chi connectivity index (χ3v) is 9.30. The molecule has 0 radical (unpaired) electrons. The molecule has 2 heterocycles. The van der Waals surface area contributed by atoms with Crippen LogP contribution in [-0.2, 0) is 46.4 Å². The smallest absolute Gasteiger partial charge is 0.416 e. The molecule has 1 aliphatic heterocycles. The number of carbonyl (C=O) groups excluding carboxylic acids is 2. The van der Waals surface area contributed by atoms with E-state index in [9.17, 15) is 49.1 Å². The van der Waals surface area contributed by atoms with Crippen LogP contribution in [0.2, 0.25) is 0 Å². The molecule has 2 atom stereocenters. The zero-order valence-electron chi connectivity index (χ0n) is 27.7. The largest absolute Gasteiger partial charge is 0.466 e. The number of esters is 1. The minimum atomic E-state index is -5.14. The van der Waals surface area contributed by atoms with Crippen LogP contribution < -0.4 is 9.80 Å². The van der Waals surface area contributed by atoms with Crippen LogP contribution in [0.25, 0.3) is 0 Å². The van der Waals surface area contributed by atoms with E-state index in [-0.39, 0.29) is 60.5 Å². The predicted molar refractivity (Wildman–Crippen MR) is 164 cm³/mol. The fourth-order valence-corrected chi connectivity index (χ4v) is 6.92. The molecule has 51 heavy (non-hydrogen) atoms. The Morgan fingerprint density at radius 2 is 1.49 bits per heavy atom. The minimum absolute atomic E-state index is 0.0136. The average molecular weight is 735 g/mol. The monoisotopic (exact) mass is 734 g/mol. The molecule has 1 aromatic heterocycles. The molecule has 5 rings (SSSR count). The van der Waals surface area contributed by atoms with Crippen molar-refractivity contribution >= 4 is 23.5 Å². The van der Waals surface area contributed by atoms with Gasteiger partial charge in [0.25, 0.3) is 5.95 Å². The van der Waals surface area contributed by atoms with Gasteiger partial charge in [0.05, 0.1) is 36.4 Å². The van der Waals surface area contributed by atoms with E-state index >= 15 is 0 Å². The van der Waals surface area contributed by atoms with E-state index in [2.05, 4.69) is 15.4 Å². The first-order valence-electron chi connectivity index (χ1n) is 16.2. The van der Waals surface area contributed by atoms with Crippen molar-refractivity contribution in [1.29, 1.82) is 0 Å². The summed E-state index contributed by atoms with van der Waals surface area (Å²) in [6.45, 7) is 2.93. The Morgan fingerprint density at radius 1 is 0.882 bits per heavy atom. The Balaban J connectivity index is 1.55. The van der Waals surface area contributed by atoms with Crippen LogP contribution in [0.5, 0.6) is 0 Å². The van der Waals surface area contributed by atoms with Gasteiger partial charge in [0, 0.05) is 30.6 Å². The third kappa shape index (κ3) is 8.57. The number of amides is 1. The highest BCUT2D eigenvalue weighted by Gasteiger charge is 2.43. The lowest BCUT2D eigenvalue weighted by molar-refractivity contribution is -0.145. The Bertz CT molecular complexity index is 1700. The molecule has 1 saturated carbocycles. The van der Waals surface area contributed by atoms with Crippen molar-refractivity contribution in [2.45, 2.75) is 89.5 Å². The first-order valence-corrected chi connectivity index (χ1v) is 16.2. The maximum absolute atomic E-state index is 14.1. The number of tetrazole rings is 1. The van der Waals surface area contributed by atoms with Crippen LogP contribution in [-0.4, -0.2) is 44.7 Å². The van der Waals surface area contributed by atoms with Crippen LogP contribution >= 0.6 is 0 Å². The second-order valence-corrected chi connectivity index (χ2v) is 12.9. The van der Waals surface area contributed by atoms with Gasteiger partial charge in [-0.1, -0.05) is 5.10 Å². The van der Waals surface area contributed by atoms with Crippen molar-refractivity contribution in [3.05, 3.63) is 64.2 Å². The SMILES string of the molecule is CCOC(=O)CC1CCC(C(=O)N2c3ccc(C(F)(F)F)cc3[C@@H](N(Cc3cc(C(F)(F)F)cc(C(F)(F)F)c3)c3nnn(C)n3)C[C@H]2C)CC1. The normalized spacial score (nSPS) is 21.3. The molecular weight excluding hydrogens is 699 g/mol. The van der Waals surface area contributed by atoms with Crippen LogP contribution in [0.3, 0.4) is 0 Å². The van der Waals surface area contributed by atoms with Crippen LogP contribution in [0.1, 0.15) is 86.2 Å². The maximum Gasteiger partial charge on any atom is 0.416 e. The molecule has 0 saturated heterocycles. The fourth-order valence-electron chi connectivity index (χ4n) is 6.92. The molecule has 3 aromatic rings. The number of hydrogen-bond acceptors (Lipinski definition) is 7. The number of alkyl halides is 9. The lowest BCUT2D eigenvalue weighted by Crippen LogP contribution is -2.49. The molecular formula is C33H35F9N6O3. The van der Waals surface area contributed by atoms with E-state index in [1.165, 1.54) is 16.8 Å². The second-order valence-electron chi connectivity index (χ2n) is 12.9. The van der Waals surface area contributed by atoms with Crippen LogP contribution in [0, 0.1) is 11.8 Å². The van der Waals surface area contributed by atoms with Gasteiger partial charge < -0.3 is 14.5 Å². The summed E-state index contributed by atoms with van der Waals surface area (Å²) in [4.78, 5) is 29.7. The number of fused-ring (bicyclic) bond motifs is 1. The van der Waals surface area contributed by atoms with E-state index in [1.54, 1.807) is 13.8 Å². The number of aromatic nitrogens is 4. The predicted octanol–water partition coefficient (Wildman–Crippen LogP) is 7.90. The van der Waals surface area contributed by atoms with Crippen LogP contribution in [0.15, 0.2) is 36.4 Å². The molecule has 0 spiro atoms. The Labute approximate surface area is 286 Å². The first-order chi connectivity index (χ1) is 23.8. The number of benzene rings is 2. The molecule has 0 bridgehead atoms. The molecule has 2 aliphatic rings. The minimum Gasteiger partial charge on any atom is -0.466 e. The van der Waals surface area contributed by atoms with Crippen molar-refractivity contribution in [3.8, 4) is 0 Å². The number of nitrogens with zero attached hydrogens (tertiary/aromatic N) is 6. The highest BCUT2D eigenvalue weighted by Crippen LogP contribution is 2.46. The van der Waals surface area contributed by atoms with E-state index in [1.807, 2.05) is 0 Å². The van der Waals surface area contributed by atoms with Gasteiger partial charge in [-0.2, -0.15) is 44.3 Å². The number of rotatable bonds is 8. The molecule has 2 aromatic carbocycles. The summed E-state index contributed by atoms with van der Waals surface area (Å²) in [5, 5.41) is 11.8. The summed E-state index contributed by atoms with van der Waals surface area (Å²) < 4.78 is 130. The molecule has 1 fully saturated rings. The van der Waals surface area contributed by atoms with E-state index in [4.69, 9.17) is 4.74 Å². The Hall–Kier alpha value is -4.38. The zero-order valence-corrected chi connectivity index (χ0v) is 27.7. The summed E-state index contributed by atoms with van der Waals surface area (Å²) in [7, 11) is 1.36. The lowest BCUT2D eigenvalue weighted by atomic mass is 9.79. The molecule has 1 amide bonds. The molecule has 0 unspecified atom stereocenters. The van der Waals surface area contributed by atoms with E-state index in [0.717, 1.165) is 23.0 Å². The summed E-state index contributed by atoms with van der Waals surface area (Å²) in [6, 6.07) is 2.02. The number of ether oxygens (including phenoxy) is 1. The highest BCUT2D eigenvalue weighted by molar-refractivity contribution is 5.97. The standard InChI is InChI=1S/C33H35F9N6O3/c1-4-51-28(49)14-19-5-7-21(8-6-19)29(50)48-18(2)11-27(25-16-22(31(34,35)36)9-10-26(25)48)47(30-43-45-46(3)44-30)17-20-12-23(32(37,38)39)15-24(13-20)33(40,41)42/h9-10,12-13,15-16,18-19,21,27H,4-8,11,14,17H2,1-3H3/t18-,19?,21?,27+/m1/s1. The summed E-state index contributed by atoms with van der Waals surface area (Å²) in [5.74, 6) is -1.42. The number of carbonyl (C=O) groups is 2. The molecule has 0 N–H and O–H groups in total. The third-order valence-electron chi connectivity index (χ3n) is 9.30. The number of halogens is 9. The lowest BCUT2D eigenvalue weighted by Gasteiger charge is -2.45. The van der Waals surface area contributed by atoms with Gasteiger partial charge in [-0.05, 0) is 105 Å². The number of anilines is 2. The van der Waals surface area contributed by atoms with Crippen LogP contribution in [0.4, 0.5) is 51.1 Å². The van der Waals surface area contributed by atoms with Crippen molar-refractivity contribution in [2.75, 3.05) is 16.4 Å².